The lowest BCUT2D eigenvalue weighted by Crippen LogP contribution is -2.37. The minimum absolute atomic E-state index is 0.274. The number of ether oxygens (including phenoxy) is 1. The second-order valence-electron chi connectivity index (χ2n) is 5.74. The van der Waals surface area contributed by atoms with Crippen LogP contribution < -0.4 is 10.2 Å². The highest BCUT2D eigenvalue weighted by Gasteiger charge is 2.13. The number of hydrogen-bond donors (Lipinski definition) is 2. The summed E-state index contributed by atoms with van der Waals surface area (Å²) < 4.78 is 5.32. The topological polar surface area (TPSA) is 87.6 Å². The monoisotopic (exact) mass is 328 g/mol. The predicted molar refractivity (Wildman–Crippen MR) is 90.5 cm³/mol. The summed E-state index contributed by atoms with van der Waals surface area (Å²) in [6, 6.07) is 5.18. The Labute approximate surface area is 140 Å². The van der Waals surface area contributed by atoms with Gasteiger partial charge in [-0.2, -0.15) is 0 Å². The molecule has 1 fully saturated rings. The van der Waals surface area contributed by atoms with Gasteiger partial charge in [0.15, 0.2) is 0 Å². The van der Waals surface area contributed by atoms with Gasteiger partial charge in [-0.1, -0.05) is 0 Å². The van der Waals surface area contributed by atoms with Gasteiger partial charge in [-0.25, -0.2) is 14.8 Å². The third-order valence-electron chi connectivity index (χ3n) is 3.81. The third-order valence-corrected chi connectivity index (χ3v) is 3.81. The number of aromatic nitrogens is 2. The van der Waals surface area contributed by atoms with E-state index in [0.717, 1.165) is 29.9 Å². The van der Waals surface area contributed by atoms with Gasteiger partial charge in [0.2, 0.25) is 5.95 Å². The summed E-state index contributed by atoms with van der Waals surface area (Å²) in [5, 5.41) is 12.3. The highest BCUT2D eigenvalue weighted by molar-refractivity contribution is 5.89. The van der Waals surface area contributed by atoms with E-state index in [4.69, 9.17) is 9.84 Å². The Kier molecular flexibility index (Phi) is 4.90. The number of morpholine rings is 1. The van der Waals surface area contributed by atoms with E-state index in [0.29, 0.717) is 25.7 Å². The van der Waals surface area contributed by atoms with Gasteiger partial charge in [0, 0.05) is 43.3 Å². The molecule has 1 aliphatic rings. The van der Waals surface area contributed by atoms with Crippen LogP contribution in [0.25, 0.3) is 0 Å². The van der Waals surface area contributed by atoms with E-state index >= 15 is 0 Å². The van der Waals surface area contributed by atoms with E-state index in [2.05, 4.69) is 20.2 Å². The average Bonchev–Trinajstić information content (AvgIpc) is 2.61. The van der Waals surface area contributed by atoms with Crippen LogP contribution in [0.15, 0.2) is 30.6 Å². The molecule has 0 radical (unpaired) electrons. The Bertz CT molecular complexity index is 712. The van der Waals surface area contributed by atoms with Crippen LogP contribution in [-0.4, -0.2) is 47.3 Å². The third kappa shape index (κ3) is 3.99. The molecule has 0 atom stereocenters. The first-order chi connectivity index (χ1) is 11.6. The molecule has 7 heteroatoms. The Balaban J connectivity index is 1.63. The molecule has 2 aromatic rings. The summed E-state index contributed by atoms with van der Waals surface area (Å²) >= 11 is 0. The van der Waals surface area contributed by atoms with Gasteiger partial charge in [0.25, 0.3) is 0 Å². The molecule has 0 saturated carbocycles. The fraction of sp³-hybridized carbons (Fsp3) is 0.353. The predicted octanol–water partition coefficient (Wildman–Crippen LogP) is 1.93. The van der Waals surface area contributed by atoms with Crippen molar-refractivity contribution in [2.75, 3.05) is 36.5 Å². The molecular formula is C17H20N4O3. The Morgan fingerprint density at radius 1 is 1.25 bits per heavy atom. The normalized spacial score (nSPS) is 14.5. The van der Waals surface area contributed by atoms with Gasteiger partial charge in [-0.15, -0.1) is 0 Å². The summed E-state index contributed by atoms with van der Waals surface area (Å²) in [7, 11) is 0. The molecule has 1 aromatic carbocycles. The molecule has 2 N–H and O–H groups in total. The molecule has 0 bridgehead atoms. The summed E-state index contributed by atoms with van der Waals surface area (Å²) in [6.45, 7) is 5.42. The molecule has 24 heavy (non-hydrogen) atoms. The van der Waals surface area contributed by atoms with E-state index in [1.807, 2.05) is 13.0 Å². The number of nitrogens with zero attached hydrogens (tertiary/aromatic N) is 3. The number of anilines is 2. The summed E-state index contributed by atoms with van der Waals surface area (Å²) in [5.41, 5.74) is 2.88. The van der Waals surface area contributed by atoms with Gasteiger partial charge < -0.3 is 20.1 Å². The zero-order valence-corrected chi connectivity index (χ0v) is 13.5. The minimum Gasteiger partial charge on any atom is -0.478 e. The van der Waals surface area contributed by atoms with Gasteiger partial charge >= 0.3 is 5.97 Å². The fourth-order valence-corrected chi connectivity index (χ4v) is 2.58. The van der Waals surface area contributed by atoms with Crippen molar-refractivity contribution in [3.8, 4) is 0 Å². The van der Waals surface area contributed by atoms with E-state index in [-0.39, 0.29) is 5.56 Å². The van der Waals surface area contributed by atoms with Crippen LogP contribution >= 0.6 is 0 Å². The zero-order valence-electron chi connectivity index (χ0n) is 13.5. The Hall–Kier alpha value is -2.67. The summed E-state index contributed by atoms with van der Waals surface area (Å²) in [5.74, 6) is -0.217. The van der Waals surface area contributed by atoms with Crippen molar-refractivity contribution < 1.29 is 14.6 Å². The molecule has 0 unspecified atom stereocenters. The maximum atomic E-state index is 11.1. The fourth-order valence-electron chi connectivity index (χ4n) is 2.58. The van der Waals surface area contributed by atoms with Crippen molar-refractivity contribution in [2.45, 2.75) is 13.5 Å². The molecule has 1 aliphatic heterocycles. The lowest BCUT2D eigenvalue weighted by atomic mass is 10.1. The SMILES string of the molecule is Cc1cc(NCc2cnc(N3CCOCC3)nc2)cc(C(=O)O)c1. The number of carboxylic acids is 1. The molecule has 3 rings (SSSR count). The Morgan fingerprint density at radius 3 is 2.62 bits per heavy atom. The van der Waals surface area contributed by atoms with Crippen LogP contribution in [0.3, 0.4) is 0 Å². The maximum absolute atomic E-state index is 11.1. The van der Waals surface area contributed by atoms with Crippen LogP contribution in [0.2, 0.25) is 0 Å². The molecule has 1 saturated heterocycles. The van der Waals surface area contributed by atoms with Crippen molar-refractivity contribution in [1.82, 2.24) is 9.97 Å². The quantitative estimate of drug-likeness (QED) is 0.867. The second kappa shape index (κ2) is 7.27. The largest absolute Gasteiger partial charge is 0.478 e. The van der Waals surface area contributed by atoms with Crippen molar-refractivity contribution in [3.05, 3.63) is 47.3 Å². The average molecular weight is 328 g/mol. The maximum Gasteiger partial charge on any atom is 0.335 e. The first kappa shape index (κ1) is 16.2. The highest BCUT2D eigenvalue weighted by atomic mass is 16.5. The Morgan fingerprint density at radius 2 is 1.96 bits per heavy atom. The number of aromatic carboxylic acids is 1. The first-order valence-electron chi connectivity index (χ1n) is 7.84. The van der Waals surface area contributed by atoms with Gasteiger partial charge in [0.05, 0.1) is 18.8 Å². The zero-order chi connectivity index (χ0) is 16.9. The van der Waals surface area contributed by atoms with Gasteiger partial charge in [-0.05, 0) is 30.7 Å². The number of rotatable bonds is 5. The van der Waals surface area contributed by atoms with E-state index in [1.165, 1.54) is 0 Å². The van der Waals surface area contributed by atoms with Crippen LogP contribution in [0.5, 0.6) is 0 Å². The first-order valence-corrected chi connectivity index (χ1v) is 7.84. The van der Waals surface area contributed by atoms with Gasteiger partial charge in [-0.3, -0.25) is 0 Å². The second-order valence-corrected chi connectivity index (χ2v) is 5.74. The molecule has 0 aliphatic carbocycles. The smallest absolute Gasteiger partial charge is 0.335 e. The number of aryl methyl sites for hydroxylation is 1. The van der Waals surface area contributed by atoms with E-state index < -0.39 is 5.97 Å². The number of carbonyl (C=O) groups is 1. The van der Waals surface area contributed by atoms with Crippen molar-refractivity contribution in [2.24, 2.45) is 0 Å². The van der Waals surface area contributed by atoms with Crippen molar-refractivity contribution in [3.63, 3.8) is 0 Å². The van der Waals surface area contributed by atoms with Crippen LogP contribution in [0.1, 0.15) is 21.5 Å². The van der Waals surface area contributed by atoms with Gasteiger partial charge in [0.1, 0.15) is 0 Å². The highest BCUT2D eigenvalue weighted by Crippen LogP contribution is 2.16. The number of hydrogen-bond acceptors (Lipinski definition) is 6. The molecule has 0 spiro atoms. The standard InChI is InChI=1S/C17H20N4O3/c1-12-6-14(16(22)23)8-15(7-12)18-9-13-10-19-17(20-11-13)21-2-4-24-5-3-21/h6-8,10-11,18H,2-5,9H2,1H3,(H,22,23). The molecule has 1 aromatic heterocycles. The van der Waals surface area contributed by atoms with E-state index in [1.54, 1.807) is 24.5 Å². The lowest BCUT2D eigenvalue weighted by Gasteiger charge is -2.26. The van der Waals surface area contributed by atoms with Crippen LogP contribution in [0.4, 0.5) is 11.6 Å². The molecule has 7 nitrogen and oxygen atoms in total. The molecule has 126 valence electrons. The number of carboxylic acid groups (broad SMARTS) is 1. The minimum atomic E-state index is -0.931. The van der Waals surface area contributed by atoms with Crippen LogP contribution in [0, 0.1) is 6.92 Å². The van der Waals surface area contributed by atoms with Crippen molar-refractivity contribution in [1.29, 1.82) is 0 Å². The van der Waals surface area contributed by atoms with Crippen LogP contribution in [-0.2, 0) is 11.3 Å². The molecule has 2 heterocycles. The number of benzene rings is 1. The van der Waals surface area contributed by atoms with Crippen molar-refractivity contribution >= 4 is 17.6 Å². The lowest BCUT2D eigenvalue weighted by molar-refractivity contribution is 0.0697. The molecular weight excluding hydrogens is 308 g/mol. The summed E-state index contributed by atoms with van der Waals surface area (Å²) in [6.07, 6.45) is 3.58. The number of nitrogens with one attached hydrogen (secondary N) is 1. The summed E-state index contributed by atoms with van der Waals surface area (Å²) in [4.78, 5) is 22.0. The molecule has 0 amide bonds. The van der Waals surface area contributed by atoms with E-state index in [9.17, 15) is 4.79 Å².